The van der Waals surface area contributed by atoms with E-state index in [1.165, 1.54) is 19.3 Å². The highest BCUT2D eigenvalue weighted by molar-refractivity contribution is 5.42. The van der Waals surface area contributed by atoms with Crippen LogP contribution >= 0.6 is 0 Å². The highest BCUT2D eigenvalue weighted by atomic mass is 14.9. The van der Waals surface area contributed by atoms with Crippen LogP contribution in [0, 0.1) is 5.92 Å². The van der Waals surface area contributed by atoms with Gasteiger partial charge in [-0.05, 0) is 37.3 Å². The Morgan fingerprint density at radius 1 is 1.47 bits per heavy atom. The van der Waals surface area contributed by atoms with Crippen molar-refractivity contribution in [1.29, 1.82) is 0 Å². The van der Waals surface area contributed by atoms with Crippen LogP contribution in [-0.2, 0) is 6.54 Å². The highest BCUT2D eigenvalue weighted by Crippen LogP contribution is 2.27. The van der Waals surface area contributed by atoms with E-state index in [0.717, 1.165) is 17.3 Å². The maximum atomic E-state index is 5.50. The minimum atomic E-state index is 0.515. The number of nitrogens with one attached hydrogen (secondary N) is 1. The van der Waals surface area contributed by atoms with E-state index in [9.17, 15) is 0 Å². The molecule has 1 aliphatic rings. The van der Waals surface area contributed by atoms with Crippen LogP contribution in [0.2, 0.25) is 0 Å². The first kappa shape index (κ1) is 10.4. The van der Waals surface area contributed by atoms with Gasteiger partial charge in [-0.1, -0.05) is 6.92 Å². The van der Waals surface area contributed by atoms with E-state index in [1.807, 2.05) is 12.3 Å². The lowest BCUT2D eigenvalue weighted by Gasteiger charge is -2.13. The van der Waals surface area contributed by atoms with Crippen LogP contribution in [0.4, 0.5) is 5.69 Å². The van der Waals surface area contributed by atoms with Crippen LogP contribution < -0.4 is 11.1 Å². The van der Waals surface area contributed by atoms with Gasteiger partial charge in [0.15, 0.2) is 0 Å². The number of anilines is 1. The van der Waals surface area contributed by atoms with Crippen molar-refractivity contribution < 1.29 is 0 Å². The Morgan fingerprint density at radius 3 is 2.87 bits per heavy atom. The van der Waals surface area contributed by atoms with Crippen LogP contribution in [0.15, 0.2) is 18.3 Å². The zero-order chi connectivity index (χ0) is 10.7. The Kier molecular flexibility index (Phi) is 3.21. The Bertz CT molecular complexity index is 307. The van der Waals surface area contributed by atoms with Crippen LogP contribution in [-0.4, -0.2) is 11.0 Å². The molecule has 0 aromatic carbocycles. The van der Waals surface area contributed by atoms with Gasteiger partial charge in [0.25, 0.3) is 0 Å². The fourth-order valence-corrected chi connectivity index (χ4v) is 2.20. The van der Waals surface area contributed by atoms with E-state index in [0.29, 0.717) is 12.6 Å². The average molecular weight is 205 g/mol. The van der Waals surface area contributed by atoms with Crippen molar-refractivity contribution in [1.82, 2.24) is 4.98 Å². The minimum absolute atomic E-state index is 0.515. The van der Waals surface area contributed by atoms with Crippen LogP contribution in [0.3, 0.4) is 0 Å². The Hall–Kier alpha value is -1.09. The van der Waals surface area contributed by atoms with Crippen LogP contribution in [0.1, 0.15) is 31.9 Å². The van der Waals surface area contributed by atoms with Gasteiger partial charge in [-0.2, -0.15) is 0 Å². The molecule has 15 heavy (non-hydrogen) atoms. The summed E-state index contributed by atoms with van der Waals surface area (Å²) in [4.78, 5) is 4.27. The summed E-state index contributed by atoms with van der Waals surface area (Å²) in [5.41, 5.74) is 7.56. The van der Waals surface area contributed by atoms with Crippen molar-refractivity contribution in [3.63, 3.8) is 0 Å². The molecule has 2 atom stereocenters. The molecule has 1 fully saturated rings. The minimum Gasteiger partial charge on any atom is -0.381 e. The number of pyridine rings is 1. The molecule has 2 rings (SSSR count). The van der Waals surface area contributed by atoms with Gasteiger partial charge >= 0.3 is 0 Å². The zero-order valence-corrected chi connectivity index (χ0v) is 9.24. The van der Waals surface area contributed by atoms with E-state index >= 15 is 0 Å². The first-order valence-corrected chi connectivity index (χ1v) is 5.69. The lowest BCUT2D eigenvalue weighted by atomic mass is 10.1. The normalized spacial score (nSPS) is 25.5. The smallest absolute Gasteiger partial charge is 0.0541 e. The van der Waals surface area contributed by atoms with Gasteiger partial charge < -0.3 is 11.1 Å². The van der Waals surface area contributed by atoms with E-state index < -0.39 is 0 Å². The quantitative estimate of drug-likeness (QED) is 0.795. The molecule has 1 heterocycles. The summed E-state index contributed by atoms with van der Waals surface area (Å²) in [6.45, 7) is 2.83. The molecule has 0 bridgehead atoms. The van der Waals surface area contributed by atoms with Gasteiger partial charge in [-0.3, -0.25) is 4.98 Å². The van der Waals surface area contributed by atoms with Crippen molar-refractivity contribution in [2.24, 2.45) is 11.7 Å². The number of hydrogen-bond donors (Lipinski definition) is 2. The summed E-state index contributed by atoms with van der Waals surface area (Å²) in [6.07, 6.45) is 5.77. The van der Waals surface area contributed by atoms with Crippen molar-refractivity contribution in [3.05, 3.63) is 24.0 Å². The number of nitrogens with two attached hydrogens (primary N) is 1. The van der Waals surface area contributed by atoms with E-state index in [-0.39, 0.29) is 0 Å². The van der Waals surface area contributed by atoms with Crippen LogP contribution in [0.25, 0.3) is 0 Å². The van der Waals surface area contributed by atoms with Crippen molar-refractivity contribution in [2.75, 3.05) is 5.32 Å². The van der Waals surface area contributed by atoms with E-state index in [2.05, 4.69) is 23.3 Å². The fraction of sp³-hybridized carbons (Fsp3) is 0.583. The van der Waals surface area contributed by atoms with Gasteiger partial charge in [0.05, 0.1) is 17.6 Å². The predicted molar refractivity (Wildman–Crippen MR) is 62.6 cm³/mol. The zero-order valence-electron chi connectivity index (χ0n) is 9.24. The molecule has 1 saturated carbocycles. The van der Waals surface area contributed by atoms with Gasteiger partial charge in [-0.15, -0.1) is 0 Å². The molecule has 0 amide bonds. The Morgan fingerprint density at radius 2 is 2.33 bits per heavy atom. The number of rotatable bonds is 3. The van der Waals surface area contributed by atoms with Crippen molar-refractivity contribution >= 4 is 5.69 Å². The molecule has 1 aromatic heterocycles. The van der Waals surface area contributed by atoms with Gasteiger partial charge in [0.1, 0.15) is 0 Å². The van der Waals surface area contributed by atoms with Crippen molar-refractivity contribution in [2.45, 2.75) is 38.8 Å². The summed E-state index contributed by atoms with van der Waals surface area (Å²) < 4.78 is 0. The van der Waals surface area contributed by atoms with Gasteiger partial charge in [0, 0.05) is 12.6 Å². The molecule has 3 nitrogen and oxygen atoms in total. The standard InChI is InChI=1S/C12H19N3/c1-9-2-3-10(6-9)15-12-5-4-11(7-13)14-8-12/h4-5,8-10,15H,2-3,6-7,13H2,1H3. The predicted octanol–water partition coefficient (Wildman–Crippen LogP) is 2.14. The molecule has 2 unspecified atom stereocenters. The summed E-state index contributed by atoms with van der Waals surface area (Å²) in [5.74, 6) is 0.860. The molecular weight excluding hydrogens is 186 g/mol. The number of aromatic nitrogens is 1. The van der Waals surface area contributed by atoms with E-state index in [4.69, 9.17) is 5.73 Å². The second kappa shape index (κ2) is 4.62. The molecule has 1 aromatic rings. The molecule has 0 saturated heterocycles. The Labute approximate surface area is 91.1 Å². The molecule has 3 N–H and O–H groups in total. The molecule has 1 aliphatic carbocycles. The van der Waals surface area contributed by atoms with Gasteiger partial charge in [-0.25, -0.2) is 0 Å². The summed E-state index contributed by atoms with van der Waals surface area (Å²) in [5, 5.41) is 3.52. The SMILES string of the molecule is CC1CCC(Nc2ccc(CN)nc2)C1. The topological polar surface area (TPSA) is 50.9 Å². The third-order valence-electron chi connectivity index (χ3n) is 3.10. The average Bonchev–Trinajstić information content (AvgIpc) is 2.65. The highest BCUT2D eigenvalue weighted by Gasteiger charge is 2.20. The molecular formula is C12H19N3. The summed E-state index contributed by atoms with van der Waals surface area (Å²) >= 11 is 0. The lowest BCUT2D eigenvalue weighted by Crippen LogP contribution is -2.15. The monoisotopic (exact) mass is 205 g/mol. The third-order valence-corrected chi connectivity index (χ3v) is 3.10. The third kappa shape index (κ3) is 2.69. The number of nitrogens with zero attached hydrogens (tertiary/aromatic N) is 1. The first-order valence-electron chi connectivity index (χ1n) is 5.69. The molecule has 3 heteroatoms. The molecule has 82 valence electrons. The second-order valence-corrected chi connectivity index (χ2v) is 4.50. The Balaban J connectivity index is 1.93. The number of hydrogen-bond acceptors (Lipinski definition) is 3. The maximum Gasteiger partial charge on any atom is 0.0541 e. The molecule has 0 spiro atoms. The van der Waals surface area contributed by atoms with E-state index in [1.54, 1.807) is 0 Å². The maximum absolute atomic E-state index is 5.50. The largest absolute Gasteiger partial charge is 0.381 e. The molecule has 0 radical (unpaired) electrons. The summed E-state index contributed by atoms with van der Waals surface area (Å²) in [6, 6.07) is 4.68. The summed E-state index contributed by atoms with van der Waals surface area (Å²) in [7, 11) is 0. The first-order chi connectivity index (χ1) is 7.28. The fourth-order valence-electron chi connectivity index (χ4n) is 2.20. The molecule has 0 aliphatic heterocycles. The van der Waals surface area contributed by atoms with Crippen molar-refractivity contribution in [3.8, 4) is 0 Å². The lowest BCUT2D eigenvalue weighted by molar-refractivity contribution is 0.602. The second-order valence-electron chi connectivity index (χ2n) is 4.50. The van der Waals surface area contributed by atoms with Crippen LogP contribution in [0.5, 0.6) is 0 Å². The van der Waals surface area contributed by atoms with Gasteiger partial charge in [0.2, 0.25) is 0 Å².